The first-order valence-corrected chi connectivity index (χ1v) is 12.6. The predicted octanol–water partition coefficient (Wildman–Crippen LogP) is 4.87. The van der Waals surface area contributed by atoms with Gasteiger partial charge in [-0.15, -0.1) is 0 Å². The Hall–Kier alpha value is -3.62. The van der Waals surface area contributed by atoms with Gasteiger partial charge in [-0.3, -0.25) is 4.72 Å². The van der Waals surface area contributed by atoms with E-state index in [4.69, 9.17) is 4.99 Å². The van der Waals surface area contributed by atoms with Crippen molar-refractivity contribution in [2.45, 2.75) is 13.5 Å². The number of hydrogen-bond donors (Lipinski definition) is 3. The summed E-state index contributed by atoms with van der Waals surface area (Å²) in [6.07, 6.45) is 0. The van der Waals surface area contributed by atoms with Crippen LogP contribution in [-0.2, 0) is 16.6 Å². The highest BCUT2D eigenvalue weighted by atomic mass is 32.2. The molecule has 0 fully saturated rings. The van der Waals surface area contributed by atoms with Crippen LogP contribution in [0.15, 0.2) is 77.8 Å². The molecule has 0 radical (unpaired) electrons. The van der Waals surface area contributed by atoms with Gasteiger partial charge in [0.15, 0.2) is 5.88 Å². The van der Waals surface area contributed by atoms with Crippen LogP contribution < -0.4 is 4.72 Å². The van der Waals surface area contributed by atoms with Gasteiger partial charge in [0.2, 0.25) is 10.0 Å². The Morgan fingerprint density at radius 3 is 2.38 bits per heavy atom. The van der Waals surface area contributed by atoms with Crippen LogP contribution in [0.25, 0.3) is 10.9 Å². The Balaban J connectivity index is 1.86. The zero-order chi connectivity index (χ0) is 24.3. The zero-order valence-corrected chi connectivity index (χ0v) is 20.2. The lowest BCUT2D eigenvalue weighted by Crippen LogP contribution is -2.14. The molecular formula is C26H28N4O3S. The smallest absolute Gasteiger partial charge is 0.232 e. The van der Waals surface area contributed by atoms with E-state index in [1.54, 1.807) is 25.1 Å². The summed E-state index contributed by atoms with van der Waals surface area (Å²) in [5.74, 6) is -0.0612. The van der Waals surface area contributed by atoms with Crippen LogP contribution in [-0.4, -0.2) is 49.0 Å². The summed E-state index contributed by atoms with van der Waals surface area (Å²) >= 11 is 0. The summed E-state index contributed by atoms with van der Waals surface area (Å²) in [6, 6.07) is 22.7. The maximum Gasteiger partial charge on any atom is 0.232 e. The van der Waals surface area contributed by atoms with Crippen molar-refractivity contribution in [2.75, 3.05) is 24.6 Å². The topological polar surface area (TPSA) is 97.8 Å². The molecule has 1 heterocycles. The Morgan fingerprint density at radius 2 is 1.74 bits per heavy atom. The Morgan fingerprint density at radius 1 is 1.03 bits per heavy atom. The number of rotatable bonds is 8. The number of nitrogens with zero attached hydrogens (tertiary/aromatic N) is 2. The zero-order valence-electron chi connectivity index (χ0n) is 19.4. The molecule has 0 aliphatic carbocycles. The van der Waals surface area contributed by atoms with Crippen LogP contribution in [0.4, 0.5) is 11.4 Å². The highest BCUT2D eigenvalue weighted by Crippen LogP contribution is 2.33. The molecular weight excluding hydrogens is 448 g/mol. The second-order valence-electron chi connectivity index (χ2n) is 8.35. The predicted molar refractivity (Wildman–Crippen MR) is 139 cm³/mol. The summed E-state index contributed by atoms with van der Waals surface area (Å²) in [4.78, 5) is 10.00. The van der Waals surface area contributed by atoms with Gasteiger partial charge in [-0.05, 0) is 56.9 Å². The Kier molecular flexibility index (Phi) is 6.72. The van der Waals surface area contributed by atoms with E-state index in [9.17, 15) is 13.5 Å². The van der Waals surface area contributed by atoms with Crippen LogP contribution >= 0.6 is 0 Å². The van der Waals surface area contributed by atoms with Crippen LogP contribution in [0.5, 0.6) is 5.88 Å². The van der Waals surface area contributed by atoms with Gasteiger partial charge >= 0.3 is 0 Å². The van der Waals surface area contributed by atoms with Crippen LogP contribution in [0.2, 0.25) is 0 Å². The summed E-state index contributed by atoms with van der Waals surface area (Å²) in [5.41, 5.74) is 4.95. The Labute approximate surface area is 199 Å². The third-order valence-electron chi connectivity index (χ3n) is 5.39. The van der Waals surface area contributed by atoms with Crippen LogP contribution in [0.3, 0.4) is 0 Å². The first-order valence-electron chi connectivity index (χ1n) is 11.0. The third kappa shape index (κ3) is 5.30. The molecule has 34 heavy (non-hydrogen) atoms. The lowest BCUT2D eigenvalue weighted by molar-refractivity contribution is 0.402. The van der Waals surface area contributed by atoms with E-state index in [-0.39, 0.29) is 11.6 Å². The fourth-order valence-corrected chi connectivity index (χ4v) is 4.39. The second kappa shape index (κ2) is 9.70. The quantitative estimate of drug-likeness (QED) is 0.316. The molecule has 0 aliphatic rings. The molecule has 0 amide bonds. The van der Waals surface area contributed by atoms with Gasteiger partial charge in [0.1, 0.15) is 0 Å². The van der Waals surface area contributed by atoms with Crippen molar-refractivity contribution in [1.82, 2.24) is 9.88 Å². The van der Waals surface area contributed by atoms with Gasteiger partial charge in [0, 0.05) is 28.7 Å². The fourth-order valence-electron chi connectivity index (χ4n) is 3.76. The van der Waals surface area contributed by atoms with Crippen molar-refractivity contribution >= 4 is 38.0 Å². The number of sulfonamides is 1. The molecule has 0 spiro atoms. The molecule has 8 heteroatoms. The average Bonchev–Trinajstić information content (AvgIpc) is 3.13. The molecule has 4 aromatic rings. The number of aliphatic imine (C=N–C) groups is 1. The number of aromatic hydroxyl groups is 1. The van der Waals surface area contributed by atoms with E-state index < -0.39 is 10.0 Å². The minimum atomic E-state index is -3.44. The lowest BCUT2D eigenvalue weighted by atomic mass is 10.0. The second-order valence-corrected chi connectivity index (χ2v) is 10.4. The maximum atomic E-state index is 12.1. The van der Waals surface area contributed by atoms with Gasteiger partial charge in [-0.1, -0.05) is 42.5 Å². The molecule has 0 unspecified atom stereocenters. The molecule has 0 atom stereocenters. The highest BCUT2D eigenvalue weighted by molar-refractivity contribution is 7.92. The van der Waals surface area contributed by atoms with Crippen LogP contribution in [0, 0.1) is 0 Å². The highest BCUT2D eigenvalue weighted by Gasteiger charge is 2.19. The van der Waals surface area contributed by atoms with Gasteiger partial charge in [-0.2, -0.15) is 0 Å². The molecule has 7 nitrogen and oxygen atoms in total. The maximum absolute atomic E-state index is 12.1. The van der Waals surface area contributed by atoms with Crippen molar-refractivity contribution in [2.24, 2.45) is 4.99 Å². The molecule has 176 valence electrons. The number of benzene rings is 3. The fraction of sp³-hybridized carbons (Fsp3) is 0.192. The first-order chi connectivity index (χ1) is 16.3. The molecule has 3 aromatic carbocycles. The van der Waals surface area contributed by atoms with Crippen molar-refractivity contribution in [3.05, 3.63) is 89.5 Å². The van der Waals surface area contributed by atoms with E-state index in [0.717, 1.165) is 17.8 Å². The Bertz CT molecular complexity index is 1420. The van der Waals surface area contributed by atoms with E-state index in [2.05, 4.69) is 14.6 Å². The van der Waals surface area contributed by atoms with E-state index in [0.29, 0.717) is 27.9 Å². The molecule has 3 N–H and O–H groups in total. The lowest BCUT2D eigenvalue weighted by Gasteiger charge is -2.11. The van der Waals surface area contributed by atoms with E-state index in [1.807, 2.05) is 68.7 Å². The number of nitrogens with one attached hydrogen (secondary N) is 2. The van der Waals surface area contributed by atoms with E-state index in [1.165, 1.54) is 5.56 Å². The summed E-state index contributed by atoms with van der Waals surface area (Å²) < 4.78 is 26.8. The molecule has 0 saturated heterocycles. The summed E-state index contributed by atoms with van der Waals surface area (Å²) in [5, 5.41) is 11.5. The van der Waals surface area contributed by atoms with Crippen molar-refractivity contribution in [1.29, 1.82) is 0 Å². The van der Waals surface area contributed by atoms with Gasteiger partial charge in [-0.25, -0.2) is 13.4 Å². The SMILES string of the molecule is CCS(=O)(=O)Nc1ccc2[nH]c(O)c(C(=Nc3ccc(CN(C)C)cc3)c3ccccc3)c2c1. The summed E-state index contributed by atoms with van der Waals surface area (Å²) in [6.45, 7) is 2.41. The monoisotopic (exact) mass is 476 g/mol. The number of aromatic amines is 1. The number of aromatic nitrogens is 1. The van der Waals surface area contributed by atoms with Gasteiger partial charge in [0.25, 0.3) is 0 Å². The standard InChI is InChI=1S/C26H28N4O3S/c1-4-34(32,33)29-21-14-15-23-22(16-21)24(26(31)28-23)25(19-8-6-5-7-9-19)27-20-12-10-18(11-13-20)17-30(2)3/h5-16,28-29,31H,4,17H2,1-3H3. The number of fused-ring (bicyclic) bond motifs is 1. The summed E-state index contributed by atoms with van der Waals surface area (Å²) in [7, 11) is 0.607. The minimum absolute atomic E-state index is 0.0303. The van der Waals surface area contributed by atoms with Crippen molar-refractivity contribution < 1.29 is 13.5 Å². The van der Waals surface area contributed by atoms with Gasteiger partial charge in [0.05, 0.1) is 22.7 Å². The molecule has 0 saturated carbocycles. The molecule has 1 aromatic heterocycles. The largest absolute Gasteiger partial charge is 0.494 e. The minimum Gasteiger partial charge on any atom is -0.494 e. The number of H-pyrrole nitrogens is 1. The normalized spacial score (nSPS) is 12.4. The average molecular weight is 477 g/mol. The molecule has 0 bridgehead atoms. The third-order valence-corrected chi connectivity index (χ3v) is 6.70. The van der Waals surface area contributed by atoms with Gasteiger partial charge < -0.3 is 15.0 Å². The molecule has 4 rings (SSSR count). The van der Waals surface area contributed by atoms with Crippen molar-refractivity contribution in [3.63, 3.8) is 0 Å². The van der Waals surface area contributed by atoms with Crippen LogP contribution in [0.1, 0.15) is 23.6 Å². The first kappa shape index (κ1) is 23.5. The molecule has 0 aliphatic heterocycles. The number of anilines is 1. The number of hydrogen-bond acceptors (Lipinski definition) is 5. The van der Waals surface area contributed by atoms with E-state index >= 15 is 0 Å². The van der Waals surface area contributed by atoms with Crippen molar-refractivity contribution in [3.8, 4) is 5.88 Å².